The fraction of sp³-hybridized carbons (Fsp3) is 0.321. The molecular weight excluding hydrogens is 488 g/mol. The summed E-state index contributed by atoms with van der Waals surface area (Å²) in [6.45, 7) is 2.83. The third-order valence-electron chi connectivity index (χ3n) is 6.88. The first-order chi connectivity index (χ1) is 18.0. The number of anilines is 1. The van der Waals surface area contributed by atoms with Crippen molar-refractivity contribution in [1.29, 1.82) is 0 Å². The van der Waals surface area contributed by atoms with Crippen LogP contribution in [0.2, 0.25) is 5.02 Å². The zero-order valence-corrected chi connectivity index (χ0v) is 21.5. The lowest BCUT2D eigenvalue weighted by Crippen LogP contribution is -2.53. The Morgan fingerprint density at radius 2 is 1.92 bits per heavy atom. The van der Waals surface area contributed by atoms with Crippen LogP contribution in [0.5, 0.6) is 0 Å². The summed E-state index contributed by atoms with van der Waals surface area (Å²) < 4.78 is 0. The zero-order chi connectivity index (χ0) is 25.8. The molecule has 2 atom stereocenters. The third kappa shape index (κ3) is 5.70. The van der Waals surface area contributed by atoms with Crippen LogP contribution in [0.1, 0.15) is 49.9 Å². The van der Waals surface area contributed by atoms with Gasteiger partial charge in [0.05, 0.1) is 11.6 Å². The van der Waals surface area contributed by atoms with Crippen LogP contribution >= 0.6 is 11.6 Å². The fourth-order valence-electron chi connectivity index (χ4n) is 4.99. The Morgan fingerprint density at radius 1 is 1.05 bits per heavy atom. The molecule has 1 unspecified atom stereocenters. The van der Waals surface area contributed by atoms with Crippen molar-refractivity contribution < 1.29 is 9.59 Å². The monoisotopic (exact) mass is 518 g/mol. The number of pyridine rings is 1. The van der Waals surface area contributed by atoms with E-state index in [1.807, 2.05) is 49.4 Å². The molecule has 37 heavy (non-hydrogen) atoms. The summed E-state index contributed by atoms with van der Waals surface area (Å²) in [5, 5.41) is 9.62. The Balaban J connectivity index is 1.02. The maximum atomic E-state index is 12.8. The van der Waals surface area contributed by atoms with Crippen molar-refractivity contribution in [3.05, 3.63) is 71.0 Å². The number of fused-ring (bicyclic) bond motifs is 4. The van der Waals surface area contributed by atoms with Crippen molar-refractivity contribution in [2.24, 2.45) is 0 Å². The summed E-state index contributed by atoms with van der Waals surface area (Å²) in [7, 11) is 0. The van der Waals surface area contributed by atoms with E-state index in [0.29, 0.717) is 17.9 Å². The Morgan fingerprint density at radius 3 is 2.81 bits per heavy atom. The zero-order valence-electron chi connectivity index (χ0n) is 20.7. The van der Waals surface area contributed by atoms with Crippen LogP contribution < -0.4 is 21.5 Å². The van der Waals surface area contributed by atoms with Crippen LogP contribution in [0.25, 0.3) is 21.8 Å². The average molecular weight is 519 g/mol. The lowest BCUT2D eigenvalue weighted by molar-refractivity contribution is -0.130. The van der Waals surface area contributed by atoms with Gasteiger partial charge in [0.1, 0.15) is 0 Å². The molecular formula is C28H31ClN6O2. The maximum absolute atomic E-state index is 12.8. The topological polar surface area (TPSA) is 111 Å². The van der Waals surface area contributed by atoms with Gasteiger partial charge >= 0.3 is 0 Å². The van der Waals surface area contributed by atoms with Gasteiger partial charge in [-0.2, -0.15) is 0 Å². The number of aromatic nitrogens is 2. The number of amides is 2. The summed E-state index contributed by atoms with van der Waals surface area (Å²) in [5.41, 5.74) is 10.4. The molecule has 2 aromatic heterocycles. The van der Waals surface area contributed by atoms with Gasteiger partial charge in [0.15, 0.2) is 0 Å². The van der Waals surface area contributed by atoms with Gasteiger partial charge in [0, 0.05) is 57.9 Å². The molecule has 2 amide bonds. The number of hydrogen-bond acceptors (Lipinski definition) is 5. The highest BCUT2D eigenvalue weighted by atomic mass is 35.5. The summed E-state index contributed by atoms with van der Waals surface area (Å²) in [5.74, 6) is -0.416. The molecule has 5 N–H and O–H groups in total. The smallest absolute Gasteiger partial charge is 0.255 e. The molecule has 0 fully saturated rings. The van der Waals surface area contributed by atoms with Gasteiger partial charge in [-0.25, -0.2) is 0 Å². The van der Waals surface area contributed by atoms with Gasteiger partial charge in [-0.1, -0.05) is 36.2 Å². The SMILES string of the molecule is C[C@@H]1NC(C(=O)NNC(=O)CCCCCNc2ccnc3cc(Cl)ccc23)Cc2c1[nH]c1ccccc21. The molecule has 8 nitrogen and oxygen atoms in total. The Hall–Kier alpha value is -3.62. The van der Waals surface area contributed by atoms with Gasteiger partial charge in [-0.15, -0.1) is 0 Å². The molecule has 0 spiro atoms. The molecule has 5 rings (SSSR count). The lowest BCUT2D eigenvalue weighted by atomic mass is 9.94. The predicted molar refractivity (Wildman–Crippen MR) is 147 cm³/mol. The number of rotatable bonds is 8. The van der Waals surface area contributed by atoms with Crippen molar-refractivity contribution in [2.75, 3.05) is 11.9 Å². The first-order valence-corrected chi connectivity index (χ1v) is 13.1. The second-order valence-corrected chi connectivity index (χ2v) is 9.94. The van der Waals surface area contributed by atoms with Gasteiger partial charge in [0.2, 0.25) is 5.91 Å². The number of hydrogen-bond donors (Lipinski definition) is 5. The van der Waals surface area contributed by atoms with Crippen molar-refractivity contribution in [1.82, 2.24) is 26.1 Å². The van der Waals surface area contributed by atoms with E-state index in [4.69, 9.17) is 11.6 Å². The molecule has 2 aromatic carbocycles. The minimum Gasteiger partial charge on any atom is -0.384 e. The van der Waals surface area contributed by atoms with Crippen molar-refractivity contribution >= 4 is 50.9 Å². The van der Waals surface area contributed by atoms with Crippen molar-refractivity contribution in [3.63, 3.8) is 0 Å². The number of carbonyl (C=O) groups excluding carboxylic acids is 2. The van der Waals surface area contributed by atoms with E-state index in [1.54, 1.807) is 6.20 Å². The number of halogens is 1. The van der Waals surface area contributed by atoms with E-state index in [0.717, 1.165) is 64.6 Å². The molecule has 1 aliphatic rings. The number of aromatic amines is 1. The summed E-state index contributed by atoms with van der Waals surface area (Å²) in [6, 6.07) is 15.4. The minimum absolute atomic E-state index is 0.0131. The van der Waals surface area contributed by atoms with Gasteiger partial charge in [-0.05, 0) is 62.1 Å². The Labute approximate surface area is 220 Å². The van der Waals surface area contributed by atoms with E-state index < -0.39 is 6.04 Å². The largest absolute Gasteiger partial charge is 0.384 e. The molecule has 0 radical (unpaired) electrons. The second-order valence-electron chi connectivity index (χ2n) is 9.50. The van der Waals surface area contributed by atoms with Crippen LogP contribution in [-0.2, 0) is 16.0 Å². The first-order valence-electron chi connectivity index (χ1n) is 12.7. The lowest BCUT2D eigenvalue weighted by Gasteiger charge is -2.28. The Bertz CT molecular complexity index is 1430. The van der Waals surface area contributed by atoms with Crippen LogP contribution in [0, 0.1) is 0 Å². The van der Waals surface area contributed by atoms with Crippen LogP contribution in [0.3, 0.4) is 0 Å². The number of nitrogens with one attached hydrogen (secondary N) is 5. The third-order valence-corrected chi connectivity index (χ3v) is 7.12. The molecule has 0 saturated carbocycles. The van der Waals surface area contributed by atoms with Crippen LogP contribution in [-0.4, -0.2) is 34.4 Å². The maximum Gasteiger partial charge on any atom is 0.255 e. The number of H-pyrrole nitrogens is 1. The molecule has 9 heteroatoms. The number of benzene rings is 2. The highest BCUT2D eigenvalue weighted by Gasteiger charge is 2.31. The molecule has 3 heterocycles. The van der Waals surface area contributed by atoms with E-state index >= 15 is 0 Å². The number of hydrazine groups is 1. The van der Waals surface area contributed by atoms with E-state index in [1.165, 1.54) is 0 Å². The van der Waals surface area contributed by atoms with Crippen LogP contribution in [0.4, 0.5) is 5.69 Å². The molecule has 4 aromatic rings. The molecule has 0 aliphatic carbocycles. The Kier molecular flexibility index (Phi) is 7.58. The number of nitrogens with zero attached hydrogens (tertiary/aromatic N) is 1. The normalized spacial score (nSPS) is 16.9. The molecule has 192 valence electrons. The van der Waals surface area contributed by atoms with Crippen LogP contribution in [0.15, 0.2) is 54.7 Å². The van der Waals surface area contributed by atoms with Crippen molar-refractivity contribution in [3.8, 4) is 0 Å². The number of carbonyl (C=O) groups is 2. The van der Waals surface area contributed by atoms with E-state index in [2.05, 4.69) is 37.5 Å². The minimum atomic E-state index is -0.409. The fourth-order valence-corrected chi connectivity index (χ4v) is 5.16. The van der Waals surface area contributed by atoms with Gasteiger partial charge < -0.3 is 10.3 Å². The first kappa shape index (κ1) is 25.0. The van der Waals surface area contributed by atoms with Gasteiger partial charge in [0.25, 0.3) is 5.91 Å². The van der Waals surface area contributed by atoms with Crippen molar-refractivity contribution in [2.45, 2.75) is 51.1 Å². The standard InChI is InChI=1S/C28H31ClN6O2/c1-17-27-21(19-7-4-5-8-23(19)33-27)16-25(32-17)28(37)35-34-26(36)9-3-2-6-13-30-22-12-14-31-24-15-18(29)10-11-20(22)24/h4-5,7-8,10-12,14-15,17,25,32-33H,2-3,6,9,13,16H2,1H3,(H,30,31)(H,34,36)(H,35,37)/t17-,25?/m0/s1. The summed E-state index contributed by atoms with van der Waals surface area (Å²) in [6.07, 6.45) is 5.26. The molecule has 0 bridgehead atoms. The summed E-state index contributed by atoms with van der Waals surface area (Å²) in [4.78, 5) is 32.8. The predicted octanol–water partition coefficient (Wildman–Crippen LogP) is 4.76. The van der Waals surface area contributed by atoms with E-state index in [-0.39, 0.29) is 17.9 Å². The molecule has 1 aliphatic heterocycles. The highest BCUT2D eigenvalue weighted by Crippen LogP contribution is 2.31. The quantitative estimate of drug-likeness (QED) is 0.170. The van der Waals surface area contributed by atoms with Gasteiger partial charge in [-0.3, -0.25) is 30.7 Å². The number of para-hydroxylation sites is 1. The average Bonchev–Trinajstić information content (AvgIpc) is 3.28. The second kappa shape index (κ2) is 11.2. The highest BCUT2D eigenvalue weighted by molar-refractivity contribution is 6.31. The number of unbranched alkanes of at least 4 members (excludes halogenated alkanes) is 2. The molecule has 0 saturated heterocycles. The van der Waals surface area contributed by atoms with E-state index in [9.17, 15) is 9.59 Å². The summed E-state index contributed by atoms with van der Waals surface area (Å²) >= 11 is 6.06.